The van der Waals surface area contributed by atoms with Crippen LogP contribution in [0.25, 0.3) is 0 Å². The number of rotatable bonds is 4. The first-order chi connectivity index (χ1) is 15.1. The van der Waals surface area contributed by atoms with Gasteiger partial charge in [-0.3, -0.25) is 0 Å². The molecule has 3 aromatic rings. The van der Waals surface area contributed by atoms with Crippen LogP contribution in [0.15, 0.2) is 48.5 Å². The number of aromatic hydroxyl groups is 2. The predicted molar refractivity (Wildman–Crippen MR) is 126 cm³/mol. The first-order valence-corrected chi connectivity index (χ1v) is 11.1. The van der Waals surface area contributed by atoms with E-state index in [1.165, 1.54) is 0 Å². The fourth-order valence-electron chi connectivity index (χ4n) is 4.60. The summed E-state index contributed by atoms with van der Waals surface area (Å²) in [6.07, 6.45) is 0. The minimum Gasteiger partial charge on any atom is -0.508 e. The van der Waals surface area contributed by atoms with Crippen LogP contribution in [0.3, 0.4) is 0 Å². The zero-order valence-corrected chi connectivity index (χ0v) is 19.5. The number of cyclic esters (lactones) is 1. The molecule has 32 heavy (non-hydrogen) atoms. The minimum absolute atomic E-state index is 0.160. The molecular weight excluding hydrogens is 400 g/mol. The van der Waals surface area contributed by atoms with Gasteiger partial charge in [-0.1, -0.05) is 58.0 Å². The van der Waals surface area contributed by atoms with Crippen LogP contribution in [-0.4, -0.2) is 16.2 Å². The highest BCUT2D eigenvalue weighted by Gasteiger charge is 2.50. The lowest BCUT2D eigenvalue weighted by Gasteiger charge is -2.34. The third-order valence-electron chi connectivity index (χ3n) is 6.67. The van der Waals surface area contributed by atoms with Crippen molar-refractivity contribution in [2.45, 2.75) is 59.0 Å². The zero-order valence-electron chi connectivity index (χ0n) is 19.5. The maximum absolute atomic E-state index is 13.1. The Balaban J connectivity index is 2.18. The van der Waals surface area contributed by atoms with Gasteiger partial charge in [0.05, 0.1) is 5.56 Å². The van der Waals surface area contributed by atoms with Gasteiger partial charge in [0, 0.05) is 16.7 Å². The van der Waals surface area contributed by atoms with Crippen LogP contribution < -0.4 is 0 Å². The van der Waals surface area contributed by atoms with Crippen LogP contribution in [0.2, 0.25) is 0 Å². The summed E-state index contributed by atoms with van der Waals surface area (Å²) < 4.78 is 6.27. The number of hydrogen-bond acceptors (Lipinski definition) is 4. The Labute approximate surface area is 189 Å². The van der Waals surface area contributed by atoms with E-state index in [0.29, 0.717) is 27.8 Å². The van der Waals surface area contributed by atoms with Crippen LogP contribution in [-0.2, 0) is 10.3 Å². The van der Waals surface area contributed by atoms with Crippen molar-refractivity contribution in [2.24, 2.45) is 0 Å². The molecule has 4 nitrogen and oxygen atoms in total. The van der Waals surface area contributed by atoms with Gasteiger partial charge in [-0.25, -0.2) is 4.79 Å². The van der Waals surface area contributed by atoms with E-state index >= 15 is 0 Å². The van der Waals surface area contributed by atoms with Crippen LogP contribution >= 0.6 is 0 Å². The van der Waals surface area contributed by atoms with E-state index in [1.807, 2.05) is 44.2 Å². The standard InChI is InChI=1S/C28H30O4/c1-15(2)19-11-23(17(5)25(29)13-19)28(22-10-8-7-9-21(22)27(31)32-28)24-12-20(16(3)4)14-26(30)18(24)6/h7-16,29-30H,1-6H3. The lowest BCUT2D eigenvalue weighted by molar-refractivity contribution is 0.0246. The van der Waals surface area contributed by atoms with E-state index < -0.39 is 11.6 Å². The van der Waals surface area contributed by atoms with Crippen LogP contribution in [0.4, 0.5) is 0 Å². The Morgan fingerprint density at radius 1 is 0.750 bits per heavy atom. The maximum Gasteiger partial charge on any atom is 0.340 e. The number of phenols is 2. The summed E-state index contributed by atoms with van der Waals surface area (Å²) in [5, 5.41) is 21.7. The highest BCUT2D eigenvalue weighted by Crippen LogP contribution is 2.52. The average molecular weight is 431 g/mol. The minimum atomic E-state index is -1.27. The second-order valence-corrected chi connectivity index (χ2v) is 9.35. The second kappa shape index (κ2) is 7.70. The smallest absolute Gasteiger partial charge is 0.340 e. The average Bonchev–Trinajstić information content (AvgIpc) is 3.05. The summed E-state index contributed by atoms with van der Waals surface area (Å²) >= 11 is 0. The lowest BCUT2D eigenvalue weighted by atomic mass is 9.74. The van der Waals surface area contributed by atoms with E-state index in [2.05, 4.69) is 27.7 Å². The molecule has 166 valence electrons. The molecule has 3 aromatic carbocycles. The molecule has 1 aliphatic heterocycles. The highest BCUT2D eigenvalue weighted by molar-refractivity contribution is 5.96. The van der Waals surface area contributed by atoms with E-state index in [0.717, 1.165) is 16.7 Å². The van der Waals surface area contributed by atoms with E-state index in [9.17, 15) is 15.0 Å². The Bertz CT molecular complexity index is 1160. The first-order valence-electron chi connectivity index (χ1n) is 11.1. The van der Waals surface area contributed by atoms with Crippen molar-refractivity contribution in [2.75, 3.05) is 0 Å². The molecule has 0 bridgehead atoms. The monoisotopic (exact) mass is 430 g/mol. The zero-order chi connectivity index (χ0) is 23.4. The molecular formula is C28H30O4. The Hall–Kier alpha value is -3.27. The fraction of sp³-hybridized carbons (Fsp3) is 0.321. The number of benzene rings is 3. The van der Waals surface area contributed by atoms with Crippen LogP contribution in [0, 0.1) is 13.8 Å². The quantitative estimate of drug-likeness (QED) is 0.469. The summed E-state index contributed by atoms with van der Waals surface area (Å²) in [7, 11) is 0. The largest absolute Gasteiger partial charge is 0.508 e. The van der Waals surface area contributed by atoms with Gasteiger partial charge in [-0.05, 0) is 66.1 Å². The van der Waals surface area contributed by atoms with Gasteiger partial charge in [0.15, 0.2) is 5.60 Å². The Morgan fingerprint density at radius 2 is 1.22 bits per heavy atom. The number of carbonyl (C=O) groups excluding carboxylic acids is 1. The number of fused-ring (bicyclic) bond motifs is 1. The lowest BCUT2D eigenvalue weighted by Crippen LogP contribution is -2.32. The van der Waals surface area contributed by atoms with Crippen molar-refractivity contribution in [3.05, 3.63) is 93.0 Å². The topological polar surface area (TPSA) is 66.8 Å². The highest BCUT2D eigenvalue weighted by atomic mass is 16.6. The maximum atomic E-state index is 13.1. The molecule has 4 heteroatoms. The molecule has 0 aromatic heterocycles. The summed E-state index contributed by atoms with van der Waals surface area (Å²) in [5.74, 6) is 0.242. The van der Waals surface area contributed by atoms with Crippen molar-refractivity contribution in [1.82, 2.24) is 0 Å². The second-order valence-electron chi connectivity index (χ2n) is 9.35. The summed E-state index contributed by atoms with van der Waals surface area (Å²) in [5.41, 5.74) is 4.56. The number of hydrogen-bond donors (Lipinski definition) is 2. The molecule has 0 radical (unpaired) electrons. The van der Waals surface area contributed by atoms with E-state index in [1.54, 1.807) is 18.2 Å². The Morgan fingerprint density at radius 3 is 1.69 bits per heavy atom. The van der Waals surface area contributed by atoms with Crippen molar-refractivity contribution >= 4 is 5.97 Å². The predicted octanol–water partition coefficient (Wildman–Crippen LogP) is 6.42. The number of ether oxygens (including phenoxy) is 1. The number of esters is 1. The first kappa shape index (κ1) is 21.9. The molecule has 0 spiro atoms. The third-order valence-corrected chi connectivity index (χ3v) is 6.67. The van der Waals surface area contributed by atoms with Crippen LogP contribution in [0.1, 0.15) is 88.8 Å². The third kappa shape index (κ3) is 3.17. The molecule has 0 unspecified atom stereocenters. The van der Waals surface area contributed by atoms with Crippen molar-refractivity contribution < 1.29 is 19.7 Å². The molecule has 4 rings (SSSR count). The molecule has 0 fully saturated rings. The van der Waals surface area contributed by atoms with Gasteiger partial charge < -0.3 is 14.9 Å². The number of carbonyl (C=O) groups is 1. The van der Waals surface area contributed by atoms with Gasteiger partial charge in [0.25, 0.3) is 0 Å². The number of phenolic OH excluding ortho intramolecular Hbond substituents is 2. The summed E-state index contributed by atoms with van der Waals surface area (Å²) in [6, 6.07) is 15.0. The summed E-state index contributed by atoms with van der Waals surface area (Å²) in [4.78, 5) is 13.1. The molecule has 1 heterocycles. The van der Waals surface area contributed by atoms with Crippen molar-refractivity contribution in [1.29, 1.82) is 0 Å². The molecule has 0 amide bonds. The molecule has 0 saturated carbocycles. The van der Waals surface area contributed by atoms with Crippen molar-refractivity contribution in [3.8, 4) is 11.5 Å². The SMILES string of the molecule is Cc1c(O)cc(C(C)C)cc1C1(c2cc(C(C)C)cc(O)c2C)OC(=O)c2ccccc21. The van der Waals surface area contributed by atoms with Gasteiger partial charge in [-0.15, -0.1) is 0 Å². The summed E-state index contributed by atoms with van der Waals surface area (Å²) in [6.45, 7) is 11.9. The molecule has 0 atom stereocenters. The molecule has 1 aliphatic rings. The van der Waals surface area contributed by atoms with Gasteiger partial charge >= 0.3 is 5.97 Å². The van der Waals surface area contributed by atoms with Crippen LogP contribution in [0.5, 0.6) is 11.5 Å². The van der Waals surface area contributed by atoms with Gasteiger partial charge in [0.1, 0.15) is 11.5 Å². The van der Waals surface area contributed by atoms with Gasteiger partial charge in [0.2, 0.25) is 0 Å². The molecule has 0 saturated heterocycles. The van der Waals surface area contributed by atoms with E-state index in [-0.39, 0.29) is 23.3 Å². The fourth-order valence-corrected chi connectivity index (χ4v) is 4.60. The Kier molecular flexibility index (Phi) is 5.28. The molecule has 2 N–H and O–H groups in total. The normalized spacial score (nSPS) is 14.7. The van der Waals surface area contributed by atoms with E-state index in [4.69, 9.17) is 4.74 Å². The molecule has 0 aliphatic carbocycles. The van der Waals surface area contributed by atoms with Crippen molar-refractivity contribution in [3.63, 3.8) is 0 Å². The van der Waals surface area contributed by atoms with Gasteiger partial charge in [-0.2, -0.15) is 0 Å².